The number of aromatic nitrogens is 2. The van der Waals surface area contributed by atoms with Crippen molar-refractivity contribution in [2.75, 3.05) is 0 Å². The summed E-state index contributed by atoms with van der Waals surface area (Å²) in [6, 6.07) is 14.3. The lowest BCUT2D eigenvalue weighted by molar-refractivity contribution is 0.419. The van der Waals surface area contributed by atoms with Gasteiger partial charge in [-0.05, 0) is 16.8 Å². The molecule has 0 aliphatic heterocycles. The predicted molar refractivity (Wildman–Crippen MR) is 57.2 cm³/mol. The van der Waals surface area contributed by atoms with Crippen LogP contribution >= 0.6 is 0 Å². The van der Waals surface area contributed by atoms with Gasteiger partial charge < -0.3 is 4.52 Å². The van der Waals surface area contributed by atoms with E-state index < -0.39 is 0 Å². The average Bonchev–Trinajstić information content (AvgIpc) is 2.82. The van der Waals surface area contributed by atoms with Crippen molar-refractivity contribution in [3.05, 3.63) is 48.9 Å². The smallest absolute Gasteiger partial charge is 0.214 e. The molecule has 1 heterocycles. The van der Waals surface area contributed by atoms with E-state index in [4.69, 9.17) is 4.52 Å². The highest BCUT2D eigenvalue weighted by Gasteiger charge is 2.02. The van der Waals surface area contributed by atoms with E-state index in [1.807, 2.05) is 18.2 Å². The molecule has 2 aromatic carbocycles. The Kier molecular flexibility index (Phi) is 1.75. The Morgan fingerprint density at radius 3 is 2.60 bits per heavy atom. The van der Waals surface area contributed by atoms with Crippen LogP contribution in [0, 0.1) is 0 Å². The largest absolute Gasteiger partial charge is 0.342 e. The summed E-state index contributed by atoms with van der Waals surface area (Å²) in [5.74, 6) is 0.626. The lowest BCUT2D eigenvalue weighted by Crippen LogP contribution is -1.80. The van der Waals surface area contributed by atoms with Crippen LogP contribution in [0.4, 0.5) is 0 Å². The van der Waals surface area contributed by atoms with Gasteiger partial charge in [-0.2, -0.15) is 4.98 Å². The highest BCUT2D eigenvalue weighted by molar-refractivity contribution is 5.86. The van der Waals surface area contributed by atoms with Crippen LogP contribution in [0.2, 0.25) is 0 Å². The summed E-state index contributed by atoms with van der Waals surface area (Å²) in [4.78, 5) is 4.02. The van der Waals surface area contributed by atoms with Gasteiger partial charge in [0.1, 0.15) is 0 Å². The van der Waals surface area contributed by atoms with Crippen LogP contribution in [-0.4, -0.2) is 10.1 Å². The molecular weight excluding hydrogens is 188 g/mol. The maximum Gasteiger partial charge on any atom is 0.214 e. The molecule has 3 heteroatoms. The third-order valence-electron chi connectivity index (χ3n) is 2.37. The fourth-order valence-electron chi connectivity index (χ4n) is 1.63. The molecule has 0 saturated heterocycles. The van der Waals surface area contributed by atoms with E-state index in [0.717, 1.165) is 5.56 Å². The van der Waals surface area contributed by atoms with Gasteiger partial charge in [0.25, 0.3) is 0 Å². The van der Waals surface area contributed by atoms with Crippen LogP contribution in [0.5, 0.6) is 0 Å². The van der Waals surface area contributed by atoms with E-state index in [9.17, 15) is 0 Å². The maximum atomic E-state index is 4.72. The molecule has 0 atom stereocenters. The highest BCUT2D eigenvalue weighted by Crippen LogP contribution is 2.21. The summed E-state index contributed by atoms with van der Waals surface area (Å²) in [5.41, 5.74) is 0.974. The maximum absolute atomic E-state index is 4.72. The lowest BCUT2D eigenvalue weighted by Gasteiger charge is -1.98. The number of hydrogen-bond acceptors (Lipinski definition) is 3. The Balaban J connectivity index is 2.22. The van der Waals surface area contributed by atoms with Gasteiger partial charge in [0, 0.05) is 5.56 Å². The first kappa shape index (κ1) is 8.17. The molecule has 15 heavy (non-hydrogen) atoms. The predicted octanol–water partition coefficient (Wildman–Crippen LogP) is 2.89. The third-order valence-corrected chi connectivity index (χ3v) is 2.37. The minimum absolute atomic E-state index is 0.626. The first-order valence-electron chi connectivity index (χ1n) is 4.69. The Labute approximate surface area is 86.4 Å². The SMILES string of the molecule is c1ccc2cc(-c3ncon3)ccc2c1. The van der Waals surface area contributed by atoms with Crippen LogP contribution in [0.1, 0.15) is 0 Å². The van der Waals surface area contributed by atoms with Crippen LogP contribution < -0.4 is 0 Å². The molecule has 0 bridgehead atoms. The minimum Gasteiger partial charge on any atom is -0.342 e. The topological polar surface area (TPSA) is 38.9 Å². The normalized spacial score (nSPS) is 10.7. The molecule has 3 aromatic rings. The zero-order valence-corrected chi connectivity index (χ0v) is 7.92. The summed E-state index contributed by atoms with van der Waals surface area (Å²) in [6.45, 7) is 0. The van der Waals surface area contributed by atoms with Gasteiger partial charge in [-0.25, -0.2) is 0 Å². The summed E-state index contributed by atoms with van der Waals surface area (Å²) >= 11 is 0. The standard InChI is InChI=1S/C12H8N2O/c1-2-4-10-7-11(6-5-9(10)3-1)12-13-8-15-14-12/h1-8H. The molecular formula is C12H8N2O. The van der Waals surface area contributed by atoms with E-state index in [1.54, 1.807) is 0 Å². The van der Waals surface area contributed by atoms with Crippen molar-refractivity contribution in [3.63, 3.8) is 0 Å². The van der Waals surface area contributed by atoms with Crippen molar-refractivity contribution in [2.45, 2.75) is 0 Å². The molecule has 0 amide bonds. The lowest BCUT2D eigenvalue weighted by atomic mass is 10.1. The van der Waals surface area contributed by atoms with Crippen LogP contribution in [0.25, 0.3) is 22.2 Å². The van der Waals surface area contributed by atoms with Gasteiger partial charge in [0.15, 0.2) is 0 Å². The molecule has 0 fully saturated rings. The van der Waals surface area contributed by atoms with Crippen molar-refractivity contribution < 1.29 is 4.52 Å². The van der Waals surface area contributed by atoms with E-state index >= 15 is 0 Å². The number of rotatable bonds is 1. The molecule has 0 aliphatic carbocycles. The first-order chi connectivity index (χ1) is 7.43. The van der Waals surface area contributed by atoms with Crippen molar-refractivity contribution in [3.8, 4) is 11.4 Å². The van der Waals surface area contributed by atoms with Crippen molar-refractivity contribution in [2.24, 2.45) is 0 Å². The number of benzene rings is 2. The van der Waals surface area contributed by atoms with Crippen LogP contribution in [0.3, 0.4) is 0 Å². The molecule has 0 aliphatic rings. The minimum atomic E-state index is 0.626. The molecule has 0 radical (unpaired) electrons. The van der Waals surface area contributed by atoms with Crippen LogP contribution in [-0.2, 0) is 0 Å². The van der Waals surface area contributed by atoms with Crippen molar-refractivity contribution in [1.82, 2.24) is 10.1 Å². The van der Waals surface area contributed by atoms with Crippen LogP contribution in [0.15, 0.2) is 53.4 Å². The van der Waals surface area contributed by atoms with Crippen molar-refractivity contribution >= 4 is 10.8 Å². The van der Waals surface area contributed by atoms with E-state index in [1.165, 1.54) is 17.2 Å². The molecule has 72 valence electrons. The highest BCUT2D eigenvalue weighted by atomic mass is 16.5. The fourth-order valence-corrected chi connectivity index (χ4v) is 1.63. The van der Waals surface area contributed by atoms with Gasteiger partial charge in [-0.3, -0.25) is 0 Å². The van der Waals surface area contributed by atoms with Gasteiger partial charge >= 0.3 is 0 Å². The van der Waals surface area contributed by atoms with Gasteiger partial charge in [0.2, 0.25) is 12.2 Å². The van der Waals surface area contributed by atoms with E-state index in [-0.39, 0.29) is 0 Å². The zero-order valence-electron chi connectivity index (χ0n) is 7.92. The first-order valence-corrected chi connectivity index (χ1v) is 4.69. The summed E-state index contributed by atoms with van der Waals surface area (Å²) in [5, 5.41) is 6.20. The summed E-state index contributed by atoms with van der Waals surface area (Å²) in [6.07, 6.45) is 1.34. The Morgan fingerprint density at radius 1 is 0.933 bits per heavy atom. The van der Waals surface area contributed by atoms with Gasteiger partial charge in [0.05, 0.1) is 0 Å². The molecule has 3 nitrogen and oxygen atoms in total. The van der Waals surface area contributed by atoms with Gasteiger partial charge in [-0.1, -0.05) is 41.6 Å². The van der Waals surface area contributed by atoms with E-state index in [2.05, 4.69) is 34.4 Å². The average molecular weight is 196 g/mol. The molecule has 3 rings (SSSR count). The summed E-state index contributed by atoms with van der Waals surface area (Å²) in [7, 11) is 0. The number of fused-ring (bicyclic) bond motifs is 1. The molecule has 0 spiro atoms. The Morgan fingerprint density at radius 2 is 1.80 bits per heavy atom. The second-order valence-electron chi connectivity index (χ2n) is 3.32. The number of hydrogen-bond donors (Lipinski definition) is 0. The molecule has 0 saturated carbocycles. The zero-order chi connectivity index (χ0) is 10.1. The third kappa shape index (κ3) is 1.38. The second kappa shape index (κ2) is 3.20. The molecule has 0 unspecified atom stereocenters. The van der Waals surface area contributed by atoms with Crippen molar-refractivity contribution in [1.29, 1.82) is 0 Å². The Hall–Kier alpha value is -2.16. The van der Waals surface area contributed by atoms with Gasteiger partial charge in [-0.15, -0.1) is 0 Å². The molecule has 0 N–H and O–H groups in total. The Bertz CT molecular complexity index is 587. The second-order valence-corrected chi connectivity index (χ2v) is 3.32. The van der Waals surface area contributed by atoms with E-state index in [0.29, 0.717) is 5.82 Å². The molecule has 1 aromatic heterocycles. The summed E-state index contributed by atoms with van der Waals surface area (Å²) < 4.78 is 4.72. The fraction of sp³-hybridized carbons (Fsp3) is 0. The quantitative estimate of drug-likeness (QED) is 0.600. The monoisotopic (exact) mass is 196 g/mol. The number of nitrogens with zero attached hydrogens (tertiary/aromatic N) is 2.